The number of hydrogen-bond donors (Lipinski definition) is 1. The molecule has 2 N–H and O–H groups in total. The maximum Gasteiger partial charge on any atom is 0.137 e. The predicted molar refractivity (Wildman–Crippen MR) is 81.5 cm³/mol. The number of rotatable bonds is 8. The van der Waals surface area contributed by atoms with E-state index < -0.39 is 0 Å². The van der Waals surface area contributed by atoms with Crippen LogP contribution in [0, 0.1) is 6.92 Å². The quantitative estimate of drug-likeness (QED) is 0.778. The summed E-state index contributed by atoms with van der Waals surface area (Å²) < 4.78 is 0. The number of anilines is 2. The van der Waals surface area contributed by atoms with Crippen molar-refractivity contribution in [2.45, 2.75) is 34.1 Å². The van der Waals surface area contributed by atoms with Crippen LogP contribution in [0.3, 0.4) is 0 Å². The molecule has 0 aliphatic heterocycles. The van der Waals surface area contributed by atoms with Crippen LogP contribution in [0.1, 0.15) is 32.8 Å². The van der Waals surface area contributed by atoms with E-state index in [9.17, 15) is 0 Å². The minimum absolute atomic E-state index is 0.576. The van der Waals surface area contributed by atoms with Gasteiger partial charge >= 0.3 is 0 Å². The second-order valence-electron chi connectivity index (χ2n) is 4.67. The van der Waals surface area contributed by atoms with E-state index in [0.717, 1.165) is 50.5 Å². The zero-order valence-corrected chi connectivity index (χ0v) is 12.7. The van der Waals surface area contributed by atoms with E-state index in [1.165, 1.54) is 0 Å². The number of aromatic nitrogens is 2. The van der Waals surface area contributed by atoms with Crippen molar-refractivity contribution in [2.75, 3.05) is 43.4 Å². The second kappa shape index (κ2) is 7.94. The lowest BCUT2D eigenvalue weighted by molar-refractivity contribution is 0.300. The summed E-state index contributed by atoms with van der Waals surface area (Å²) in [5, 5.41) is 0. The van der Waals surface area contributed by atoms with Gasteiger partial charge in [-0.2, -0.15) is 0 Å². The molecule has 0 unspecified atom stereocenters. The Bertz CT molecular complexity index is 376. The number of nitrogens with zero attached hydrogens (tertiary/aromatic N) is 4. The minimum atomic E-state index is 0.576. The molecule has 0 atom stereocenters. The molecule has 0 fully saturated rings. The maximum absolute atomic E-state index is 5.85. The first-order chi connectivity index (χ1) is 9.13. The molecule has 5 heteroatoms. The standard InChI is InChI=1S/C14H27N5/c1-5-18(6-2)9-8-10-19(7-3)14-12(4)13(15)16-11-17-14/h11H,5-10H2,1-4H3,(H2,15,16,17). The Balaban J connectivity index is 2.61. The Labute approximate surface area is 116 Å². The fourth-order valence-electron chi connectivity index (χ4n) is 2.21. The molecule has 0 amide bonds. The molecule has 1 aromatic heterocycles. The van der Waals surface area contributed by atoms with Gasteiger partial charge in [0.25, 0.3) is 0 Å². The molecule has 1 rings (SSSR count). The average Bonchev–Trinajstić information content (AvgIpc) is 2.43. The van der Waals surface area contributed by atoms with Crippen LogP contribution in [0.15, 0.2) is 6.33 Å². The molecule has 0 aliphatic carbocycles. The van der Waals surface area contributed by atoms with Crippen molar-refractivity contribution in [3.05, 3.63) is 11.9 Å². The third-order valence-corrected chi connectivity index (χ3v) is 3.57. The van der Waals surface area contributed by atoms with E-state index in [1.807, 2.05) is 6.92 Å². The normalized spacial score (nSPS) is 11.0. The highest BCUT2D eigenvalue weighted by molar-refractivity contribution is 5.55. The second-order valence-corrected chi connectivity index (χ2v) is 4.67. The van der Waals surface area contributed by atoms with E-state index in [2.05, 4.69) is 40.5 Å². The number of hydrogen-bond acceptors (Lipinski definition) is 5. The van der Waals surface area contributed by atoms with Gasteiger partial charge in [-0.15, -0.1) is 0 Å². The molecule has 1 aromatic rings. The SMILES string of the molecule is CCN(CC)CCCN(CC)c1ncnc(N)c1C. The summed E-state index contributed by atoms with van der Waals surface area (Å²) in [6, 6.07) is 0. The molecular formula is C14H27N5. The Kier molecular flexibility index (Phi) is 6.56. The van der Waals surface area contributed by atoms with Crippen LogP contribution < -0.4 is 10.6 Å². The molecule has 19 heavy (non-hydrogen) atoms. The fraction of sp³-hybridized carbons (Fsp3) is 0.714. The van der Waals surface area contributed by atoms with Gasteiger partial charge in [-0.05, 0) is 39.9 Å². The molecule has 0 aromatic carbocycles. The summed E-state index contributed by atoms with van der Waals surface area (Å²) in [4.78, 5) is 13.1. The number of nitrogen functional groups attached to an aromatic ring is 1. The Morgan fingerprint density at radius 1 is 1.05 bits per heavy atom. The first-order valence-corrected chi connectivity index (χ1v) is 7.18. The molecule has 108 valence electrons. The van der Waals surface area contributed by atoms with Crippen LogP contribution in [0.5, 0.6) is 0 Å². The molecule has 5 nitrogen and oxygen atoms in total. The third kappa shape index (κ3) is 4.35. The van der Waals surface area contributed by atoms with Crippen molar-refractivity contribution in [1.29, 1.82) is 0 Å². The summed E-state index contributed by atoms with van der Waals surface area (Å²) in [6.07, 6.45) is 2.68. The molecule has 0 spiro atoms. The zero-order valence-electron chi connectivity index (χ0n) is 12.7. The topological polar surface area (TPSA) is 58.3 Å². The lowest BCUT2D eigenvalue weighted by Crippen LogP contribution is -2.31. The molecule has 1 heterocycles. The van der Waals surface area contributed by atoms with Crippen LogP contribution in [0.2, 0.25) is 0 Å². The molecular weight excluding hydrogens is 238 g/mol. The van der Waals surface area contributed by atoms with Gasteiger partial charge in [-0.3, -0.25) is 0 Å². The summed E-state index contributed by atoms with van der Waals surface area (Å²) in [5.74, 6) is 1.54. The van der Waals surface area contributed by atoms with E-state index in [0.29, 0.717) is 5.82 Å². The van der Waals surface area contributed by atoms with Crippen molar-refractivity contribution >= 4 is 11.6 Å². The van der Waals surface area contributed by atoms with Crippen LogP contribution in [0.4, 0.5) is 11.6 Å². The Morgan fingerprint density at radius 2 is 1.74 bits per heavy atom. The summed E-state index contributed by atoms with van der Waals surface area (Å²) >= 11 is 0. The fourth-order valence-corrected chi connectivity index (χ4v) is 2.21. The minimum Gasteiger partial charge on any atom is -0.383 e. The van der Waals surface area contributed by atoms with E-state index in [4.69, 9.17) is 5.73 Å². The van der Waals surface area contributed by atoms with Crippen molar-refractivity contribution in [2.24, 2.45) is 0 Å². The first-order valence-electron chi connectivity index (χ1n) is 7.18. The average molecular weight is 265 g/mol. The highest BCUT2D eigenvalue weighted by atomic mass is 15.2. The highest BCUT2D eigenvalue weighted by Gasteiger charge is 2.11. The van der Waals surface area contributed by atoms with Crippen molar-refractivity contribution in [1.82, 2.24) is 14.9 Å². The van der Waals surface area contributed by atoms with Gasteiger partial charge in [0.05, 0.1) is 0 Å². The summed E-state index contributed by atoms with van der Waals surface area (Å²) in [7, 11) is 0. The lowest BCUT2D eigenvalue weighted by Gasteiger charge is -2.25. The first kappa shape index (κ1) is 15.7. The van der Waals surface area contributed by atoms with Crippen molar-refractivity contribution in [3.8, 4) is 0 Å². The Morgan fingerprint density at radius 3 is 2.32 bits per heavy atom. The van der Waals surface area contributed by atoms with Crippen molar-refractivity contribution in [3.63, 3.8) is 0 Å². The van der Waals surface area contributed by atoms with Crippen LogP contribution in [-0.2, 0) is 0 Å². The maximum atomic E-state index is 5.85. The van der Waals surface area contributed by atoms with Crippen LogP contribution in [-0.4, -0.2) is 47.6 Å². The van der Waals surface area contributed by atoms with Gasteiger partial charge in [0.2, 0.25) is 0 Å². The van der Waals surface area contributed by atoms with Gasteiger partial charge in [0.1, 0.15) is 18.0 Å². The number of nitrogens with two attached hydrogens (primary N) is 1. The largest absolute Gasteiger partial charge is 0.383 e. The summed E-state index contributed by atoms with van der Waals surface area (Å²) in [6.45, 7) is 13.8. The van der Waals surface area contributed by atoms with Crippen molar-refractivity contribution < 1.29 is 0 Å². The van der Waals surface area contributed by atoms with Gasteiger partial charge in [-0.25, -0.2) is 9.97 Å². The third-order valence-electron chi connectivity index (χ3n) is 3.57. The van der Waals surface area contributed by atoms with Gasteiger partial charge in [-0.1, -0.05) is 13.8 Å². The van der Waals surface area contributed by atoms with E-state index >= 15 is 0 Å². The van der Waals surface area contributed by atoms with Gasteiger partial charge in [0, 0.05) is 18.7 Å². The zero-order chi connectivity index (χ0) is 14.3. The Hall–Kier alpha value is -1.36. The lowest BCUT2D eigenvalue weighted by atomic mass is 10.2. The monoisotopic (exact) mass is 265 g/mol. The van der Waals surface area contributed by atoms with Crippen LogP contribution in [0.25, 0.3) is 0 Å². The summed E-state index contributed by atoms with van der Waals surface area (Å²) in [5.41, 5.74) is 6.83. The van der Waals surface area contributed by atoms with E-state index in [-0.39, 0.29) is 0 Å². The highest BCUT2D eigenvalue weighted by Crippen LogP contribution is 2.19. The molecule has 0 saturated carbocycles. The van der Waals surface area contributed by atoms with Crippen LogP contribution >= 0.6 is 0 Å². The molecule has 0 aliphatic rings. The predicted octanol–water partition coefficient (Wildman–Crippen LogP) is 1.93. The van der Waals surface area contributed by atoms with Gasteiger partial charge < -0.3 is 15.5 Å². The molecule has 0 radical (unpaired) electrons. The van der Waals surface area contributed by atoms with E-state index in [1.54, 1.807) is 6.33 Å². The van der Waals surface area contributed by atoms with Gasteiger partial charge in [0.15, 0.2) is 0 Å². The molecule has 0 bridgehead atoms. The smallest absolute Gasteiger partial charge is 0.137 e. The molecule has 0 saturated heterocycles.